The van der Waals surface area contributed by atoms with Gasteiger partial charge in [0.2, 0.25) is 5.95 Å². The van der Waals surface area contributed by atoms with Gasteiger partial charge in [0.25, 0.3) is 0 Å². The normalized spacial score (nSPS) is 11.0. The van der Waals surface area contributed by atoms with E-state index in [1.54, 1.807) is 11.3 Å². The number of anilines is 2. The summed E-state index contributed by atoms with van der Waals surface area (Å²) in [6.07, 6.45) is 3.22. The molecule has 0 spiro atoms. The summed E-state index contributed by atoms with van der Waals surface area (Å²) in [7, 11) is 1.84. The minimum Gasteiger partial charge on any atom is -0.395 e. The Bertz CT molecular complexity index is 584. The first-order chi connectivity index (χ1) is 10.2. The Labute approximate surface area is 130 Å². The lowest BCUT2D eigenvalue weighted by Crippen LogP contribution is -2.29. The van der Waals surface area contributed by atoms with Crippen LogP contribution in [0.3, 0.4) is 0 Å². The molecule has 2 rings (SSSR count). The predicted octanol–water partition coefficient (Wildman–Crippen LogP) is 2.89. The van der Waals surface area contributed by atoms with Crippen molar-refractivity contribution in [2.24, 2.45) is 0 Å². The lowest BCUT2D eigenvalue weighted by Gasteiger charge is -2.23. The predicted molar refractivity (Wildman–Crippen MR) is 90.5 cm³/mol. The number of nitrogens with one attached hydrogen (secondary N) is 1. The Morgan fingerprint density at radius 2 is 2.10 bits per heavy atom. The fourth-order valence-corrected chi connectivity index (χ4v) is 3.24. The molecule has 21 heavy (non-hydrogen) atoms. The summed E-state index contributed by atoms with van der Waals surface area (Å²) < 4.78 is 0. The number of aliphatic hydroxyl groups excluding tert-OH is 1. The van der Waals surface area contributed by atoms with Crippen molar-refractivity contribution < 1.29 is 5.11 Å². The summed E-state index contributed by atoms with van der Waals surface area (Å²) in [5.41, 5.74) is 0. The molecule has 0 aliphatic rings. The third kappa shape index (κ3) is 3.63. The van der Waals surface area contributed by atoms with E-state index in [0.29, 0.717) is 12.5 Å². The molecular weight excluding hydrogens is 284 g/mol. The zero-order valence-corrected chi connectivity index (χ0v) is 13.8. The monoisotopic (exact) mass is 308 g/mol. The van der Waals surface area contributed by atoms with E-state index in [9.17, 15) is 5.11 Å². The largest absolute Gasteiger partial charge is 0.395 e. The minimum absolute atomic E-state index is 0.134. The fraction of sp³-hybridized carbons (Fsp3) is 0.600. The topological polar surface area (TPSA) is 61.3 Å². The van der Waals surface area contributed by atoms with E-state index in [2.05, 4.69) is 40.1 Å². The van der Waals surface area contributed by atoms with Crippen molar-refractivity contribution in [2.45, 2.75) is 33.1 Å². The smallest absolute Gasteiger partial charge is 0.225 e. The summed E-state index contributed by atoms with van der Waals surface area (Å²) in [5.74, 6) is 1.57. The number of aliphatic hydroxyl groups is 1. The summed E-state index contributed by atoms with van der Waals surface area (Å²) in [6.45, 7) is 5.97. The van der Waals surface area contributed by atoms with Crippen molar-refractivity contribution in [1.82, 2.24) is 9.97 Å². The van der Waals surface area contributed by atoms with E-state index in [1.165, 1.54) is 4.88 Å². The van der Waals surface area contributed by atoms with E-state index in [4.69, 9.17) is 0 Å². The Hall–Kier alpha value is -1.40. The second-order valence-electron chi connectivity index (χ2n) is 4.97. The molecule has 0 amide bonds. The van der Waals surface area contributed by atoms with Crippen LogP contribution in [-0.4, -0.2) is 41.8 Å². The van der Waals surface area contributed by atoms with Crippen LogP contribution < -0.4 is 10.2 Å². The Morgan fingerprint density at radius 1 is 1.29 bits per heavy atom. The molecule has 0 aromatic carbocycles. The molecule has 2 N–H and O–H groups in total. The average Bonchev–Trinajstić information content (AvgIpc) is 2.93. The molecular formula is C15H24N4OS. The van der Waals surface area contributed by atoms with Crippen LogP contribution in [-0.2, 0) is 6.42 Å². The van der Waals surface area contributed by atoms with Gasteiger partial charge in [-0.3, -0.25) is 0 Å². The Balaban J connectivity index is 2.48. The number of nitrogens with zero attached hydrogens (tertiary/aromatic N) is 3. The number of unbranched alkanes of at least 4 members (excludes halogenated alkanes) is 1. The highest BCUT2D eigenvalue weighted by molar-refractivity contribution is 7.18. The van der Waals surface area contributed by atoms with Gasteiger partial charge in [0.05, 0.1) is 12.0 Å². The van der Waals surface area contributed by atoms with E-state index >= 15 is 0 Å². The second kappa shape index (κ2) is 7.56. The van der Waals surface area contributed by atoms with Crippen LogP contribution in [0.5, 0.6) is 0 Å². The van der Waals surface area contributed by atoms with E-state index in [0.717, 1.165) is 41.8 Å². The van der Waals surface area contributed by atoms with Gasteiger partial charge in [0.1, 0.15) is 10.6 Å². The quantitative estimate of drug-likeness (QED) is 0.785. The van der Waals surface area contributed by atoms with Gasteiger partial charge in [-0.2, -0.15) is 4.98 Å². The van der Waals surface area contributed by atoms with Crippen molar-refractivity contribution >= 4 is 33.3 Å². The van der Waals surface area contributed by atoms with E-state index < -0.39 is 0 Å². The molecule has 0 saturated heterocycles. The molecule has 0 unspecified atom stereocenters. The van der Waals surface area contributed by atoms with Gasteiger partial charge in [-0.25, -0.2) is 4.98 Å². The van der Waals surface area contributed by atoms with Gasteiger partial charge in [0.15, 0.2) is 0 Å². The van der Waals surface area contributed by atoms with Crippen LogP contribution in [0.25, 0.3) is 10.2 Å². The first-order valence-corrected chi connectivity index (χ1v) is 8.39. The zero-order valence-electron chi connectivity index (χ0n) is 13.0. The van der Waals surface area contributed by atoms with Gasteiger partial charge in [-0.1, -0.05) is 20.3 Å². The SMILES string of the molecule is CCCCN(CCO)c1nc(NC)nc2sc(CC)cc12. The molecule has 0 bridgehead atoms. The van der Waals surface area contributed by atoms with Crippen molar-refractivity contribution in [1.29, 1.82) is 0 Å². The highest BCUT2D eigenvalue weighted by atomic mass is 32.1. The number of thiophene rings is 1. The standard InChI is InChI=1S/C15H24N4OS/c1-4-6-7-19(8-9-20)13-12-10-11(5-2)21-14(12)18-15(16-3)17-13/h10,20H,4-9H2,1-3H3,(H,16,17,18). The van der Waals surface area contributed by atoms with Crippen LogP contribution >= 0.6 is 11.3 Å². The van der Waals surface area contributed by atoms with Crippen molar-refractivity contribution in [3.8, 4) is 0 Å². The van der Waals surface area contributed by atoms with Crippen LogP contribution in [0, 0.1) is 0 Å². The maximum absolute atomic E-state index is 9.35. The molecule has 2 aromatic rings. The molecule has 0 atom stereocenters. The molecule has 116 valence electrons. The highest BCUT2D eigenvalue weighted by Crippen LogP contribution is 2.32. The van der Waals surface area contributed by atoms with Crippen molar-refractivity contribution in [3.63, 3.8) is 0 Å². The molecule has 0 saturated carbocycles. The maximum Gasteiger partial charge on any atom is 0.225 e. The molecule has 0 aliphatic heterocycles. The van der Waals surface area contributed by atoms with Crippen LogP contribution in [0.4, 0.5) is 11.8 Å². The van der Waals surface area contributed by atoms with Crippen LogP contribution in [0.1, 0.15) is 31.6 Å². The van der Waals surface area contributed by atoms with E-state index in [-0.39, 0.29) is 6.61 Å². The highest BCUT2D eigenvalue weighted by Gasteiger charge is 2.16. The van der Waals surface area contributed by atoms with Crippen molar-refractivity contribution in [2.75, 3.05) is 37.0 Å². The molecule has 0 aliphatic carbocycles. The summed E-state index contributed by atoms with van der Waals surface area (Å²) >= 11 is 1.72. The molecule has 0 radical (unpaired) electrons. The number of hydrogen-bond donors (Lipinski definition) is 2. The van der Waals surface area contributed by atoms with E-state index in [1.807, 2.05) is 7.05 Å². The zero-order chi connectivity index (χ0) is 15.2. The lowest BCUT2D eigenvalue weighted by atomic mass is 10.2. The second-order valence-corrected chi connectivity index (χ2v) is 6.09. The first-order valence-electron chi connectivity index (χ1n) is 7.57. The molecule has 2 aromatic heterocycles. The number of hydrogen-bond acceptors (Lipinski definition) is 6. The minimum atomic E-state index is 0.134. The number of aromatic nitrogens is 2. The molecule has 6 heteroatoms. The van der Waals surface area contributed by atoms with Crippen LogP contribution in [0.2, 0.25) is 0 Å². The summed E-state index contributed by atoms with van der Waals surface area (Å²) in [5, 5.41) is 13.5. The lowest BCUT2D eigenvalue weighted by molar-refractivity contribution is 0.301. The Morgan fingerprint density at radius 3 is 2.71 bits per heavy atom. The summed E-state index contributed by atoms with van der Waals surface area (Å²) in [4.78, 5) is 13.7. The summed E-state index contributed by atoms with van der Waals surface area (Å²) in [6, 6.07) is 2.19. The number of aryl methyl sites for hydroxylation is 1. The maximum atomic E-state index is 9.35. The average molecular weight is 308 g/mol. The van der Waals surface area contributed by atoms with Gasteiger partial charge >= 0.3 is 0 Å². The number of rotatable bonds is 8. The Kier molecular flexibility index (Phi) is 5.76. The van der Waals surface area contributed by atoms with Crippen LogP contribution in [0.15, 0.2) is 6.07 Å². The molecule has 0 fully saturated rings. The molecule has 2 heterocycles. The van der Waals surface area contributed by atoms with Gasteiger partial charge in [-0.15, -0.1) is 11.3 Å². The van der Waals surface area contributed by atoms with Crippen molar-refractivity contribution in [3.05, 3.63) is 10.9 Å². The third-order valence-corrected chi connectivity index (χ3v) is 4.62. The number of fused-ring (bicyclic) bond motifs is 1. The van der Waals surface area contributed by atoms with Gasteiger partial charge < -0.3 is 15.3 Å². The van der Waals surface area contributed by atoms with Gasteiger partial charge in [0, 0.05) is 25.0 Å². The fourth-order valence-electron chi connectivity index (χ4n) is 2.28. The molecule has 5 nitrogen and oxygen atoms in total. The van der Waals surface area contributed by atoms with Gasteiger partial charge in [-0.05, 0) is 18.9 Å². The first kappa shape index (κ1) is 16.0. The third-order valence-electron chi connectivity index (χ3n) is 3.45.